The summed E-state index contributed by atoms with van der Waals surface area (Å²) in [5, 5.41) is 3.86. The highest BCUT2D eigenvalue weighted by Crippen LogP contribution is 2.46. The lowest BCUT2D eigenvalue weighted by Gasteiger charge is -2.42. The summed E-state index contributed by atoms with van der Waals surface area (Å²) in [5.74, 6) is -3.70. The number of carbonyl (C=O) groups is 1. The zero-order valence-corrected chi connectivity index (χ0v) is 30.9. The van der Waals surface area contributed by atoms with Crippen LogP contribution in [0.25, 0.3) is 16.6 Å². The largest absolute Gasteiger partial charge is 0.444 e. The van der Waals surface area contributed by atoms with Crippen LogP contribution in [-0.2, 0) is 15.1 Å². The molecule has 1 atom stereocenters. The fourth-order valence-electron chi connectivity index (χ4n) is 6.14. The number of alkyl halides is 2. The van der Waals surface area contributed by atoms with Gasteiger partial charge in [-0.2, -0.15) is 8.78 Å². The average molecular weight is 686 g/mol. The first-order valence-corrected chi connectivity index (χ1v) is 19.3. The maximum absolute atomic E-state index is 16.2. The number of amides is 1. The number of carbonyl (C=O) groups excluding carboxylic acids is 1. The molecule has 0 bridgehead atoms. The average Bonchev–Trinajstić information content (AvgIpc) is 3.02. The number of hydrogen-bond donors (Lipinski definition) is 1. The van der Waals surface area contributed by atoms with E-state index in [2.05, 4.69) is 20.3 Å². The zero-order valence-electron chi connectivity index (χ0n) is 29.9. The van der Waals surface area contributed by atoms with Gasteiger partial charge in [-0.3, -0.25) is 0 Å². The van der Waals surface area contributed by atoms with E-state index in [4.69, 9.17) is 9.16 Å². The number of anilines is 1. The molecule has 1 aliphatic rings. The minimum Gasteiger partial charge on any atom is -0.444 e. The highest BCUT2D eigenvalue weighted by atomic mass is 28.4. The van der Waals surface area contributed by atoms with Gasteiger partial charge in [-0.15, -0.1) is 0 Å². The van der Waals surface area contributed by atoms with Gasteiger partial charge in [0.2, 0.25) is 0 Å². The maximum Gasteiger partial charge on any atom is 0.410 e. The van der Waals surface area contributed by atoms with Crippen molar-refractivity contribution in [2.24, 2.45) is 0 Å². The van der Waals surface area contributed by atoms with Crippen LogP contribution in [0, 0.1) is 12.7 Å². The van der Waals surface area contributed by atoms with Gasteiger partial charge in [0.05, 0.1) is 17.0 Å². The zero-order chi connectivity index (χ0) is 35.7. The third-order valence-electron chi connectivity index (χ3n) is 9.24. The molecular formula is C36H50F3N5O3Si. The van der Waals surface area contributed by atoms with E-state index in [9.17, 15) is 4.79 Å². The molecule has 0 radical (unpaired) electrons. The third kappa shape index (κ3) is 7.85. The van der Waals surface area contributed by atoms with Crippen molar-refractivity contribution >= 4 is 36.8 Å². The van der Waals surface area contributed by atoms with Crippen molar-refractivity contribution in [2.75, 3.05) is 18.4 Å². The van der Waals surface area contributed by atoms with E-state index in [0.717, 1.165) is 17.2 Å². The van der Waals surface area contributed by atoms with Gasteiger partial charge in [0.1, 0.15) is 28.7 Å². The van der Waals surface area contributed by atoms with Crippen LogP contribution >= 0.6 is 0 Å². The molecule has 0 aliphatic carbocycles. The highest BCUT2D eigenvalue weighted by molar-refractivity contribution is 6.73. The van der Waals surface area contributed by atoms with Crippen molar-refractivity contribution in [1.29, 1.82) is 0 Å². The highest BCUT2D eigenvalue weighted by Gasteiger charge is 2.54. The van der Waals surface area contributed by atoms with Gasteiger partial charge in [0.25, 0.3) is 0 Å². The van der Waals surface area contributed by atoms with Crippen LogP contribution in [0.4, 0.5) is 23.8 Å². The Balaban J connectivity index is 1.63. The van der Waals surface area contributed by atoms with E-state index in [1.807, 2.05) is 53.7 Å². The van der Waals surface area contributed by atoms with Gasteiger partial charge < -0.3 is 19.4 Å². The fraction of sp³-hybridized carbons (Fsp3) is 0.556. The summed E-state index contributed by atoms with van der Waals surface area (Å²) in [6.07, 6.45) is 3.95. The molecule has 48 heavy (non-hydrogen) atoms. The topological polar surface area (TPSA) is 89.5 Å². The van der Waals surface area contributed by atoms with Crippen LogP contribution in [-0.4, -0.2) is 58.6 Å². The van der Waals surface area contributed by atoms with Crippen molar-refractivity contribution in [1.82, 2.24) is 19.9 Å². The van der Waals surface area contributed by atoms with Crippen molar-refractivity contribution in [2.45, 2.75) is 117 Å². The lowest BCUT2D eigenvalue weighted by Crippen LogP contribution is -2.52. The molecule has 1 aromatic carbocycles. The number of halogens is 3. The van der Waals surface area contributed by atoms with E-state index in [0.29, 0.717) is 60.3 Å². The number of nitrogens with zero attached hydrogens (tertiary/aromatic N) is 4. The van der Waals surface area contributed by atoms with E-state index >= 15 is 13.2 Å². The molecule has 3 heterocycles. The SMILES string of the molecule is CC[Si](CC)(CC)OC(C)(C)C(F)(F)c1cccc([C@@H](C)Nc2nc(C)nc3ncc(C4=CCN(C(=O)OC(C)(C)C)CC4)cc23)c1F. The van der Waals surface area contributed by atoms with Gasteiger partial charge in [0.15, 0.2) is 14.0 Å². The summed E-state index contributed by atoms with van der Waals surface area (Å²) in [6, 6.07) is 7.41. The maximum atomic E-state index is 16.2. The summed E-state index contributed by atoms with van der Waals surface area (Å²) in [4.78, 5) is 27.8. The summed E-state index contributed by atoms with van der Waals surface area (Å²) in [7, 11) is -2.43. The van der Waals surface area contributed by atoms with Gasteiger partial charge in [-0.05, 0) is 96.3 Å². The molecule has 3 aromatic rings. The van der Waals surface area contributed by atoms with Crippen LogP contribution in [0.2, 0.25) is 18.1 Å². The standard InChI is InChI=1S/C36H50F3N5O3Si/c1-11-48(12-2,13-3)47-35(9,10)36(38,39)29-16-14-15-27(30(29)37)23(4)41-32-28-21-26(22-40-31(28)42-24(5)43-32)25-17-19-44(20-18-25)33(45)46-34(6,7)8/h14-17,21-23H,11-13,18-20H2,1-10H3,(H,40,41,42,43)/t23-/m1/s1. The molecule has 4 rings (SSSR count). The Labute approximate surface area is 283 Å². The monoisotopic (exact) mass is 685 g/mol. The Morgan fingerprint density at radius 3 is 2.33 bits per heavy atom. The number of aromatic nitrogens is 3. The molecule has 0 saturated heterocycles. The minimum atomic E-state index is -3.59. The number of pyridine rings is 1. The Bertz CT molecular complexity index is 1660. The summed E-state index contributed by atoms with van der Waals surface area (Å²) in [6.45, 7) is 18.5. The number of benzene rings is 1. The molecule has 0 unspecified atom stereocenters. The van der Waals surface area contributed by atoms with Gasteiger partial charge in [-0.25, -0.2) is 24.1 Å². The summed E-state index contributed by atoms with van der Waals surface area (Å²) in [5.41, 5.74) is -0.795. The first-order valence-electron chi connectivity index (χ1n) is 16.8. The van der Waals surface area contributed by atoms with Crippen LogP contribution in [0.5, 0.6) is 0 Å². The minimum absolute atomic E-state index is 0.0821. The van der Waals surface area contributed by atoms with E-state index < -0.39 is 42.9 Å². The molecular weight excluding hydrogens is 636 g/mol. The third-order valence-corrected chi connectivity index (χ3v) is 14.1. The van der Waals surface area contributed by atoms with E-state index in [-0.39, 0.29) is 11.7 Å². The second-order valence-electron chi connectivity index (χ2n) is 14.1. The van der Waals surface area contributed by atoms with Crippen LogP contribution in [0.1, 0.15) is 97.3 Å². The van der Waals surface area contributed by atoms with Crippen LogP contribution < -0.4 is 5.32 Å². The second kappa shape index (κ2) is 14.1. The molecule has 1 aliphatic heterocycles. The Kier molecular flexibility index (Phi) is 11.0. The number of nitrogens with one attached hydrogen (secondary N) is 1. The molecule has 1 amide bonds. The molecule has 0 spiro atoms. The lowest BCUT2D eigenvalue weighted by molar-refractivity contribution is -0.161. The van der Waals surface area contributed by atoms with Crippen molar-refractivity contribution in [3.63, 3.8) is 0 Å². The quantitative estimate of drug-likeness (QED) is 0.201. The number of hydrogen-bond acceptors (Lipinski definition) is 7. The van der Waals surface area contributed by atoms with Crippen molar-refractivity contribution in [3.05, 3.63) is 64.9 Å². The van der Waals surface area contributed by atoms with Crippen molar-refractivity contribution in [3.8, 4) is 0 Å². The molecule has 1 N–H and O–H groups in total. The number of aryl methyl sites for hydroxylation is 1. The summed E-state index contributed by atoms with van der Waals surface area (Å²) >= 11 is 0. The van der Waals surface area contributed by atoms with Crippen molar-refractivity contribution < 1.29 is 27.1 Å². The van der Waals surface area contributed by atoms with Gasteiger partial charge in [0, 0.05) is 24.8 Å². The molecule has 262 valence electrons. The smallest absolute Gasteiger partial charge is 0.410 e. The lowest BCUT2D eigenvalue weighted by atomic mass is 9.91. The number of ether oxygens (including phenoxy) is 1. The van der Waals surface area contributed by atoms with E-state index in [1.54, 1.807) is 24.9 Å². The molecule has 8 nitrogen and oxygen atoms in total. The molecule has 0 saturated carbocycles. The normalized spacial score (nSPS) is 15.4. The van der Waals surface area contributed by atoms with E-state index in [1.165, 1.54) is 26.0 Å². The Morgan fingerprint density at radius 1 is 1.08 bits per heavy atom. The first kappa shape index (κ1) is 37.3. The Hall–Kier alpha value is -3.51. The molecule has 2 aromatic heterocycles. The van der Waals surface area contributed by atoms with Gasteiger partial charge in [-0.1, -0.05) is 39.0 Å². The predicted molar refractivity (Wildman–Crippen MR) is 187 cm³/mol. The molecule has 0 fully saturated rings. The molecule has 12 heteroatoms. The predicted octanol–water partition coefficient (Wildman–Crippen LogP) is 9.56. The first-order chi connectivity index (χ1) is 22.4. The second-order valence-corrected chi connectivity index (χ2v) is 18.8. The summed E-state index contributed by atoms with van der Waals surface area (Å²) < 4.78 is 60.3. The van der Waals surface area contributed by atoms with Crippen LogP contribution in [0.3, 0.4) is 0 Å². The fourth-order valence-corrected chi connectivity index (χ4v) is 9.28. The Morgan fingerprint density at radius 2 is 1.75 bits per heavy atom. The van der Waals surface area contributed by atoms with Crippen LogP contribution in [0.15, 0.2) is 36.5 Å². The van der Waals surface area contributed by atoms with Gasteiger partial charge >= 0.3 is 12.0 Å². The number of fused-ring (bicyclic) bond motifs is 1. The number of rotatable bonds is 11.